The van der Waals surface area contributed by atoms with Gasteiger partial charge in [-0.2, -0.15) is 0 Å². The second-order valence-electron chi connectivity index (χ2n) is 7.10. The van der Waals surface area contributed by atoms with Crippen LogP contribution in [0.5, 0.6) is 5.75 Å². The van der Waals surface area contributed by atoms with Crippen molar-refractivity contribution >= 4 is 23.2 Å². The Morgan fingerprint density at radius 1 is 0.933 bits per heavy atom. The van der Waals surface area contributed by atoms with E-state index in [4.69, 9.17) is 4.74 Å². The standard InChI is InChI=1S/C25H26N2O3/c1-4-21(18-10-6-5-7-11-18)25(29)26-20-13-14-23(30-3)22(16-20)27-24(28)19-12-8-9-17(2)15-19/h5-16,21H,4H2,1-3H3,(H,26,29)(H,27,28)/t21-/m1/s1. The molecule has 3 aromatic carbocycles. The van der Waals surface area contributed by atoms with Crippen molar-refractivity contribution < 1.29 is 14.3 Å². The number of aryl methyl sites for hydroxylation is 1. The monoisotopic (exact) mass is 402 g/mol. The summed E-state index contributed by atoms with van der Waals surface area (Å²) in [7, 11) is 1.54. The van der Waals surface area contributed by atoms with Crippen LogP contribution in [0.3, 0.4) is 0 Å². The molecule has 1 atom stereocenters. The molecule has 30 heavy (non-hydrogen) atoms. The van der Waals surface area contributed by atoms with E-state index in [9.17, 15) is 9.59 Å². The van der Waals surface area contributed by atoms with Crippen LogP contribution < -0.4 is 15.4 Å². The zero-order valence-electron chi connectivity index (χ0n) is 17.4. The summed E-state index contributed by atoms with van der Waals surface area (Å²) in [6, 6.07) is 22.2. The van der Waals surface area contributed by atoms with Crippen molar-refractivity contribution in [2.75, 3.05) is 17.7 Å². The Morgan fingerprint density at radius 2 is 1.70 bits per heavy atom. The van der Waals surface area contributed by atoms with E-state index < -0.39 is 0 Å². The Hall–Kier alpha value is -3.60. The number of benzene rings is 3. The fourth-order valence-corrected chi connectivity index (χ4v) is 3.35. The average Bonchev–Trinajstić information content (AvgIpc) is 2.75. The molecule has 3 rings (SSSR count). The minimum absolute atomic E-state index is 0.0928. The summed E-state index contributed by atoms with van der Waals surface area (Å²) < 4.78 is 5.38. The zero-order valence-corrected chi connectivity index (χ0v) is 17.4. The van der Waals surface area contributed by atoms with E-state index in [0.717, 1.165) is 11.1 Å². The third-order valence-electron chi connectivity index (χ3n) is 4.92. The molecule has 0 saturated carbocycles. The van der Waals surface area contributed by atoms with Crippen molar-refractivity contribution in [3.8, 4) is 5.75 Å². The number of carbonyl (C=O) groups is 2. The van der Waals surface area contributed by atoms with Crippen LogP contribution in [0.1, 0.15) is 40.7 Å². The van der Waals surface area contributed by atoms with E-state index in [1.54, 1.807) is 31.4 Å². The van der Waals surface area contributed by atoms with Crippen molar-refractivity contribution in [3.05, 3.63) is 89.5 Å². The molecule has 154 valence electrons. The van der Waals surface area contributed by atoms with E-state index in [1.807, 2.05) is 62.4 Å². The lowest BCUT2D eigenvalue weighted by Gasteiger charge is -2.17. The minimum atomic E-state index is -0.251. The molecule has 2 amide bonds. The van der Waals surface area contributed by atoms with Crippen molar-refractivity contribution in [3.63, 3.8) is 0 Å². The quantitative estimate of drug-likeness (QED) is 0.557. The number of nitrogens with one attached hydrogen (secondary N) is 2. The Balaban J connectivity index is 1.80. The van der Waals surface area contributed by atoms with E-state index in [-0.39, 0.29) is 17.7 Å². The summed E-state index contributed by atoms with van der Waals surface area (Å²) in [5, 5.41) is 5.84. The summed E-state index contributed by atoms with van der Waals surface area (Å²) in [5.41, 5.74) is 3.62. The Kier molecular flexibility index (Phi) is 6.86. The number of amides is 2. The molecule has 5 heteroatoms. The van der Waals surface area contributed by atoms with Crippen LogP contribution in [0.25, 0.3) is 0 Å². The van der Waals surface area contributed by atoms with Gasteiger partial charge in [-0.15, -0.1) is 0 Å². The lowest BCUT2D eigenvalue weighted by molar-refractivity contribution is -0.117. The number of hydrogen-bond acceptors (Lipinski definition) is 3. The van der Waals surface area contributed by atoms with Crippen molar-refractivity contribution in [2.24, 2.45) is 0 Å². The smallest absolute Gasteiger partial charge is 0.255 e. The van der Waals surface area contributed by atoms with Crippen molar-refractivity contribution in [2.45, 2.75) is 26.2 Å². The maximum absolute atomic E-state index is 12.9. The summed E-state index contributed by atoms with van der Waals surface area (Å²) in [6.45, 7) is 3.92. The highest BCUT2D eigenvalue weighted by Gasteiger charge is 2.19. The summed E-state index contributed by atoms with van der Waals surface area (Å²) in [4.78, 5) is 25.5. The number of anilines is 2. The topological polar surface area (TPSA) is 67.4 Å². The molecule has 0 bridgehead atoms. The van der Waals surface area contributed by atoms with Crippen LogP contribution >= 0.6 is 0 Å². The molecule has 0 fully saturated rings. The molecule has 2 N–H and O–H groups in total. The molecule has 0 spiro atoms. The second kappa shape index (κ2) is 9.74. The first-order valence-electron chi connectivity index (χ1n) is 9.93. The van der Waals surface area contributed by atoms with Crippen LogP contribution in [0.2, 0.25) is 0 Å². The van der Waals surface area contributed by atoms with Gasteiger partial charge in [-0.3, -0.25) is 9.59 Å². The van der Waals surface area contributed by atoms with Crippen molar-refractivity contribution in [1.29, 1.82) is 0 Å². The maximum Gasteiger partial charge on any atom is 0.255 e. The summed E-state index contributed by atoms with van der Waals surface area (Å²) in [5.74, 6) is -0.0660. The molecule has 0 aliphatic heterocycles. The summed E-state index contributed by atoms with van der Waals surface area (Å²) in [6.07, 6.45) is 0.683. The van der Waals surface area contributed by atoms with Gasteiger partial charge in [0.05, 0.1) is 18.7 Å². The molecular weight excluding hydrogens is 376 g/mol. The molecule has 5 nitrogen and oxygen atoms in total. The third-order valence-corrected chi connectivity index (χ3v) is 4.92. The number of hydrogen-bond donors (Lipinski definition) is 2. The Morgan fingerprint density at radius 3 is 2.37 bits per heavy atom. The number of ether oxygens (including phenoxy) is 1. The summed E-state index contributed by atoms with van der Waals surface area (Å²) >= 11 is 0. The Labute approximate surface area is 177 Å². The lowest BCUT2D eigenvalue weighted by atomic mass is 9.95. The lowest BCUT2D eigenvalue weighted by Crippen LogP contribution is -2.21. The predicted octanol–water partition coefficient (Wildman–Crippen LogP) is 5.39. The van der Waals surface area contributed by atoms with Gasteiger partial charge in [-0.1, -0.05) is 55.0 Å². The van der Waals surface area contributed by atoms with Gasteiger partial charge in [0, 0.05) is 11.3 Å². The molecule has 0 aliphatic carbocycles. The van der Waals surface area contributed by atoms with Crippen LogP contribution in [-0.2, 0) is 4.79 Å². The van der Waals surface area contributed by atoms with Gasteiger partial charge in [-0.25, -0.2) is 0 Å². The predicted molar refractivity (Wildman–Crippen MR) is 120 cm³/mol. The van der Waals surface area contributed by atoms with Crippen LogP contribution in [0.4, 0.5) is 11.4 Å². The fourth-order valence-electron chi connectivity index (χ4n) is 3.35. The third kappa shape index (κ3) is 5.06. The Bertz CT molecular complexity index is 1030. The molecule has 3 aromatic rings. The largest absolute Gasteiger partial charge is 0.495 e. The second-order valence-corrected chi connectivity index (χ2v) is 7.10. The van der Waals surface area contributed by atoms with Crippen LogP contribution in [-0.4, -0.2) is 18.9 Å². The highest BCUT2D eigenvalue weighted by atomic mass is 16.5. The van der Waals surface area contributed by atoms with Gasteiger partial charge in [0.2, 0.25) is 5.91 Å². The van der Waals surface area contributed by atoms with Gasteiger partial charge in [0.25, 0.3) is 5.91 Å². The van der Waals surface area contributed by atoms with Gasteiger partial charge >= 0.3 is 0 Å². The molecule has 0 unspecified atom stereocenters. The fraction of sp³-hybridized carbons (Fsp3) is 0.200. The normalized spacial score (nSPS) is 11.4. The SMILES string of the molecule is CC[C@@H](C(=O)Nc1ccc(OC)c(NC(=O)c2cccc(C)c2)c1)c1ccccc1. The minimum Gasteiger partial charge on any atom is -0.495 e. The van der Waals surface area contributed by atoms with Gasteiger partial charge < -0.3 is 15.4 Å². The highest BCUT2D eigenvalue weighted by Crippen LogP contribution is 2.29. The number of carbonyl (C=O) groups excluding carboxylic acids is 2. The van der Waals surface area contributed by atoms with Gasteiger partial charge in [0.15, 0.2) is 0 Å². The van der Waals surface area contributed by atoms with E-state index in [0.29, 0.717) is 29.1 Å². The molecule has 0 aliphatic rings. The van der Waals surface area contributed by atoms with Crippen LogP contribution in [0.15, 0.2) is 72.8 Å². The number of methoxy groups -OCH3 is 1. The molecule has 0 radical (unpaired) electrons. The first-order valence-corrected chi connectivity index (χ1v) is 9.93. The van der Waals surface area contributed by atoms with Gasteiger partial charge in [0.1, 0.15) is 5.75 Å². The molecule has 0 saturated heterocycles. The number of rotatable bonds is 7. The molecule has 0 aromatic heterocycles. The highest BCUT2D eigenvalue weighted by molar-refractivity contribution is 6.05. The zero-order chi connectivity index (χ0) is 21.5. The van der Waals surface area contributed by atoms with E-state index in [2.05, 4.69) is 10.6 Å². The van der Waals surface area contributed by atoms with Crippen LogP contribution in [0, 0.1) is 6.92 Å². The molecular formula is C25H26N2O3. The van der Waals surface area contributed by atoms with Crippen molar-refractivity contribution in [1.82, 2.24) is 0 Å². The first kappa shape index (κ1) is 21.1. The van der Waals surface area contributed by atoms with E-state index >= 15 is 0 Å². The average molecular weight is 402 g/mol. The first-order chi connectivity index (χ1) is 14.5. The maximum atomic E-state index is 12.9. The molecule has 0 heterocycles. The van der Waals surface area contributed by atoms with E-state index in [1.165, 1.54) is 0 Å². The van der Waals surface area contributed by atoms with Gasteiger partial charge in [-0.05, 0) is 49.2 Å².